The second-order valence-corrected chi connectivity index (χ2v) is 8.49. The summed E-state index contributed by atoms with van der Waals surface area (Å²) in [4.78, 5) is 10.7. The molecule has 23 heavy (non-hydrogen) atoms. The standard InChI is InChI=1S/C21H30O2/c1-15(2)16-6-8-18-17(12-16)7-9-19-20(3,13-23-14-22)10-5-11-21(18,19)4/h6,8,12,14-15,19H,5,7,9-11,13H2,1-4H3/t19-,20-,21+/m0/s1. The van der Waals surface area contributed by atoms with Crippen LogP contribution in [0.5, 0.6) is 0 Å². The zero-order chi connectivity index (χ0) is 16.7. The Morgan fingerprint density at radius 3 is 2.78 bits per heavy atom. The summed E-state index contributed by atoms with van der Waals surface area (Å²) in [5.74, 6) is 1.18. The molecule has 126 valence electrons. The number of aryl methyl sites for hydroxylation is 1. The van der Waals surface area contributed by atoms with Crippen LogP contribution in [0.1, 0.15) is 76.0 Å². The fraction of sp³-hybridized carbons (Fsp3) is 0.667. The third-order valence-electron chi connectivity index (χ3n) is 6.65. The van der Waals surface area contributed by atoms with Crippen molar-refractivity contribution in [2.24, 2.45) is 11.3 Å². The molecule has 2 aliphatic rings. The van der Waals surface area contributed by atoms with Crippen molar-refractivity contribution in [1.82, 2.24) is 0 Å². The van der Waals surface area contributed by atoms with Crippen molar-refractivity contribution in [2.45, 2.75) is 71.1 Å². The number of ether oxygens (including phenoxy) is 1. The second kappa shape index (κ2) is 5.96. The van der Waals surface area contributed by atoms with Gasteiger partial charge in [0, 0.05) is 5.41 Å². The average molecular weight is 314 g/mol. The van der Waals surface area contributed by atoms with Crippen molar-refractivity contribution in [3.05, 3.63) is 34.9 Å². The Morgan fingerprint density at radius 1 is 1.30 bits per heavy atom. The van der Waals surface area contributed by atoms with Gasteiger partial charge in [-0.2, -0.15) is 0 Å². The van der Waals surface area contributed by atoms with Crippen LogP contribution in [0.2, 0.25) is 0 Å². The number of hydrogen-bond donors (Lipinski definition) is 0. The summed E-state index contributed by atoms with van der Waals surface area (Å²) in [6, 6.07) is 7.16. The number of benzene rings is 1. The second-order valence-electron chi connectivity index (χ2n) is 8.49. The predicted octanol–water partition coefficient (Wildman–Crippen LogP) is 4.99. The Hall–Kier alpha value is -1.31. The van der Waals surface area contributed by atoms with Gasteiger partial charge in [0.2, 0.25) is 0 Å². The summed E-state index contributed by atoms with van der Waals surface area (Å²) >= 11 is 0. The summed E-state index contributed by atoms with van der Waals surface area (Å²) in [6.45, 7) is 10.5. The van der Waals surface area contributed by atoms with Crippen LogP contribution in [0.25, 0.3) is 0 Å². The predicted molar refractivity (Wildman–Crippen MR) is 93.7 cm³/mol. The minimum Gasteiger partial charge on any atom is -0.467 e. The molecule has 2 aliphatic carbocycles. The number of fused-ring (bicyclic) bond motifs is 3. The molecular formula is C21H30O2. The van der Waals surface area contributed by atoms with Gasteiger partial charge in [-0.1, -0.05) is 52.3 Å². The highest BCUT2D eigenvalue weighted by Crippen LogP contribution is 2.57. The van der Waals surface area contributed by atoms with Gasteiger partial charge in [0.15, 0.2) is 0 Å². The van der Waals surface area contributed by atoms with E-state index in [2.05, 4.69) is 45.9 Å². The third-order valence-corrected chi connectivity index (χ3v) is 6.65. The quantitative estimate of drug-likeness (QED) is 0.732. The van der Waals surface area contributed by atoms with Gasteiger partial charge >= 0.3 is 0 Å². The van der Waals surface area contributed by atoms with Crippen LogP contribution in [0.4, 0.5) is 0 Å². The fourth-order valence-corrected chi connectivity index (χ4v) is 5.40. The van der Waals surface area contributed by atoms with E-state index in [9.17, 15) is 4.79 Å². The molecule has 1 saturated carbocycles. The Morgan fingerprint density at radius 2 is 2.09 bits per heavy atom. The number of hydrogen-bond acceptors (Lipinski definition) is 2. The molecule has 0 bridgehead atoms. The number of rotatable bonds is 4. The molecule has 0 radical (unpaired) electrons. The molecule has 0 unspecified atom stereocenters. The first kappa shape index (κ1) is 16.5. The van der Waals surface area contributed by atoms with Crippen LogP contribution in [-0.4, -0.2) is 13.1 Å². The van der Waals surface area contributed by atoms with Crippen LogP contribution >= 0.6 is 0 Å². The van der Waals surface area contributed by atoms with Gasteiger partial charge in [-0.3, -0.25) is 4.79 Å². The maximum absolute atomic E-state index is 10.7. The van der Waals surface area contributed by atoms with Gasteiger partial charge in [-0.15, -0.1) is 0 Å². The van der Waals surface area contributed by atoms with E-state index in [1.165, 1.54) is 31.2 Å². The van der Waals surface area contributed by atoms with Crippen molar-refractivity contribution >= 4 is 6.47 Å². The normalized spacial score (nSPS) is 33.0. The minimum absolute atomic E-state index is 0.113. The molecule has 1 fully saturated rings. The molecule has 3 rings (SSSR count). The van der Waals surface area contributed by atoms with E-state index in [4.69, 9.17) is 4.74 Å². The zero-order valence-electron chi connectivity index (χ0n) is 15.0. The maximum atomic E-state index is 10.7. The van der Waals surface area contributed by atoms with Gasteiger partial charge < -0.3 is 4.74 Å². The van der Waals surface area contributed by atoms with Crippen LogP contribution in [0.3, 0.4) is 0 Å². The first-order chi connectivity index (χ1) is 10.9. The lowest BCUT2D eigenvalue weighted by atomic mass is 9.50. The molecule has 0 saturated heterocycles. The highest BCUT2D eigenvalue weighted by molar-refractivity contribution is 5.42. The van der Waals surface area contributed by atoms with Crippen molar-refractivity contribution in [3.8, 4) is 0 Å². The van der Waals surface area contributed by atoms with E-state index in [0.717, 1.165) is 6.42 Å². The smallest absolute Gasteiger partial charge is 0.293 e. The highest BCUT2D eigenvalue weighted by Gasteiger charge is 2.51. The highest BCUT2D eigenvalue weighted by atomic mass is 16.5. The van der Waals surface area contributed by atoms with E-state index in [1.807, 2.05) is 0 Å². The summed E-state index contributed by atoms with van der Waals surface area (Å²) < 4.78 is 5.23. The molecule has 0 aromatic heterocycles. The Labute approximate surface area is 140 Å². The Bertz CT molecular complexity index is 592. The zero-order valence-corrected chi connectivity index (χ0v) is 15.0. The topological polar surface area (TPSA) is 26.3 Å². The molecule has 1 aromatic carbocycles. The summed E-state index contributed by atoms with van der Waals surface area (Å²) in [5.41, 5.74) is 4.89. The van der Waals surface area contributed by atoms with E-state index >= 15 is 0 Å². The molecule has 0 N–H and O–H groups in total. The van der Waals surface area contributed by atoms with E-state index in [0.29, 0.717) is 24.9 Å². The molecule has 1 aromatic rings. The average Bonchev–Trinajstić information content (AvgIpc) is 2.52. The molecule has 0 spiro atoms. The first-order valence-corrected chi connectivity index (χ1v) is 9.09. The maximum Gasteiger partial charge on any atom is 0.293 e. The van der Waals surface area contributed by atoms with Gasteiger partial charge in [-0.05, 0) is 59.6 Å². The molecular weight excluding hydrogens is 284 g/mol. The Kier molecular flexibility index (Phi) is 4.29. The van der Waals surface area contributed by atoms with Gasteiger partial charge in [0.05, 0.1) is 6.61 Å². The summed E-state index contributed by atoms with van der Waals surface area (Å²) in [6.07, 6.45) is 6.01. The van der Waals surface area contributed by atoms with Crippen LogP contribution < -0.4 is 0 Å². The van der Waals surface area contributed by atoms with Gasteiger partial charge in [-0.25, -0.2) is 0 Å². The van der Waals surface area contributed by atoms with Crippen LogP contribution in [0, 0.1) is 11.3 Å². The van der Waals surface area contributed by atoms with Crippen molar-refractivity contribution in [1.29, 1.82) is 0 Å². The van der Waals surface area contributed by atoms with Crippen LogP contribution in [0.15, 0.2) is 18.2 Å². The molecule has 0 aliphatic heterocycles. The summed E-state index contributed by atoms with van der Waals surface area (Å²) in [5, 5.41) is 0. The van der Waals surface area contributed by atoms with Crippen molar-refractivity contribution < 1.29 is 9.53 Å². The molecule has 0 heterocycles. The lowest BCUT2D eigenvalue weighted by molar-refractivity contribution is -0.135. The van der Waals surface area contributed by atoms with Crippen LogP contribution in [-0.2, 0) is 21.4 Å². The number of carbonyl (C=O) groups is 1. The largest absolute Gasteiger partial charge is 0.467 e. The Balaban J connectivity index is 1.98. The molecule has 0 amide bonds. The van der Waals surface area contributed by atoms with Gasteiger partial charge in [0.25, 0.3) is 6.47 Å². The lowest BCUT2D eigenvalue weighted by Crippen LogP contribution is -2.50. The first-order valence-electron chi connectivity index (χ1n) is 9.09. The molecule has 3 atom stereocenters. The van der Waals surface area contributed by atoms with Crippen molar-refractivity contribution in [3.63, 3.8) is 0 Å². The molecule has 2 heteroatoms. The van der Waals surface area contributed by atoms with E-state index < -0.39 is 0 Å². The third kappa shape index (κ3) is 2.70. The summed E-state index contributed by atoms with van der Waals surface area (Å²) in [7, 11) is 0. The minimum atomic E-state index is 0.113. The SMILES string of the molecule is CC(C)c1ccc2c(c1)CC[C@H]1[C@](C)(COC=O)CCC[C@]21C. The molecule has 2 nitrogen and oxygen atoms in total. The van der Waals surface area contributed by atoms with E-state index in [-0.39, 0.29) is 10.8 Å². The number of carbonyl (C=O) groups excluding carboxylic acids is 1. The van der Waals surface area contributed by atoms with E-state index in [1.54, 1.807) is 11.1 Å². The fourth-order valence-electron chi connectivity index (χ4n) is 5.40. The lowest BCUT2D eigenvalue weighted by Gasteiger charge is -2.55. The van der Waals surface area contributed by atoms with Gasteiger partial charge in [0.1, 0.15) is 0 Å². The van der Waals surface area contributed by atoms with Crippen molar-refractivity contribution in [2.75, 3.05) is 6.61 Å². The monoisotopic (exact) mass is 314 g/mol.